The molecular formula is C57H82ClN8O17P. The number of fused-ring (bicyclic) bond motifs is 6. The molecule has 4 amide bonds. The first kappa shape index (κ1) is 67.2. The molecule has 0 radical (unpaired) electrons. The van der Waals surface area contributed by atoms with Crippen LogP contribution in [0.1, 0.15) is 71.1 Å². The molecule has 3 aliphatic rings. The summed E-state index contributed by atoms with van der Waals surface area (Å²) >= 11 is 6.82. The maximum atomic E-state index is 14.4. The number of epoxide rings is 1. The minimum absolute atomic E-state index is 0.00262. The highest BCUT2D eigenvalue weighted by atomic mass is 35.5. The van der Waals surface area contributed by atoms with Crippen LogP contribution in [0.15, 0.2) is 66.3 Å². The Bertz CT molecular complexity index is 2950. The first-order chi connectivity index (χ1) is 39.7. The summed E-state index contributed by atoms with van der Waals surface area (Å²) < 4.78 is 57.3. The molecule has 2 saturated heterocycles. The van der Waals surface area contributed by atoms with E-state index in [2.05, 4.69) is 27.4 Å². The summed E-state index contributed by atoms with van der Waals surface area (Å²) in [6, 6.07) is 10.9. The van der Waals surface area contributed by atoms with E-state index in [9.17, 15) is 48.4 Å². The van der Waals surface area contributed by atoms with Crippen molar-refractivity contribution in [1.29, 1.82) is 0 Å². The van der Waals surface area contributed by atoms with Crippen molar-refractivity contribution >= 4 is 71.5 Å². The molecule has 0 spiro atoms. The van der Waals surface area contributed by atoms with Crippen LogP contribution in [0.5, 0.6) is 5.75 Å². The van der Waals surface area contributed by atoms with E-state index < -0.39 is 110 Å². The lowest BCUT2D eigenvalue weighted by atomic mass is 9.83. The first-order valence-electron chi connectivity index (χ1n) is 27.8. The van der Waals surface area contributed by atoms with Gasteiger partial charge in [-0.05, 0) is 82.9 Å². The Morgan fingerprint density at radius 2 is 1.76 bits per heavy atom. The third-order valence-corrected chi connectivity index (χ3v) is 18.1. The fraction of sp³-hybridized carbons (Fsp3) is 0.579. The average molecular weight is 1220 g/mol. The van der Waals surface area contributed by atoms with Gasteiger partial charge in [-0.15, -0.1) is 0 Å². The van der Waals surface area contributed by atoms with Crippen LogP contribution >= 0.6 is 19.1 Å². The van der Waals surface area contributed by atoms with Crippen molar-refractivity contribution in [2.24, 2.45) is 5.92 Å². The van der Waals surface area contributed by atoms with E-state index in [1.165, 1.54) is 40.1 Å². The van der Waals surface area contributed by atoms with Gasteiger partial charge in [-0.25, -0.2) is 14.5 Å². The lowest BCUT2D eigenvalue weighted by Crippen LogP contribution is -2.63. The predicted octanol–water partition coefficient (Wildman–Crippen LogP) is 4.28. The Morgan fingerprint density at radius 3 is 2.45 bits per heavy atom. The SMILES string of the molecule is CNN(C)Cc1cc2ccccc2n1CCC(=O)N[C@@H](CCC(=O)O)C(=O)NCCOCCOCCP(=O)(O)N(C)[C@@H](C)C(=O)O[C@H]1CC(=O)N(C)c2cc(cc(OC)c2Cl)C/C(C)=C/C=C/[C@@H](OC)[C@@]2(O)C[C@H](OC(=O)N2)[C@@H](C)[C@@H]2O[C@]12C. The van der Waals surface area contributed by atoms with Crippen LogP contribution in [0.25, 0.3) is 10.9 Å². The summed E-state index contributed by atoms with van der Waals surface area (Å²) in [5, 5.41) is 32.2. The third kappa shape index (κ3) is 17.4. The molecule has 3 aromatic rings. The van der Waals surface area contributed by atoms with Gasteiger partial charge >= 0.3 is 18.0 Å². The number of hydrogen-bond donors (Lipinski definition) is 7. The molecule has 0 aliphatic carbocycles. The number of hydrazine groups is 1. The maximum Gasteiger partial charge on any atom is 0.409 e. The second-order valence-electron chi connectivity index (χ2n) is 21.6. The minimum Gasteiger partial charge on any atom is -0.495 e. The number of anilines is 1. The van der Waals surface area contributed by atoms with Gasteiger partial charge in [0.2, 0.25) is 17.7 Å². The van der Waals surface area contributed by atoms with Crippen molar-refractivity contribution in [3.05, 3.63) is 82.5 Å². The Labute approximate surface area is 494 Å². The topological polar surface area (TPSA) is 311 Å². The zero-order valence-corrected chi connectivity index (χ0v) is 51.0. The maximum absolute atomic E-state index is 14.4. The standard InChI is InChI=1S/C57H82ClN8O17P/c1-35-14-13-17-46(78-10)57(74)33-45(81-55(73)62-57)36(2)52-56(4,83-52)47(32-49(68)64(7)43-29-38(28-35)30-44(77-9)51(43)58)82-54(72)37(3)65(8)84(75,76)27-26-80-25-24-79-23-21-60-53(71)41(18-19-50(69)70)61-48(67)20-22-66-40(34-63(6)59-5)31-39-15-11-12-16-42(39)66/h11-17,29-31,36-37,41,45-47,52,59,74H,18-28,32-34H2,1-10H3,(H,60,71)(H,61,67)(H,62,73)(H,69,70)(H,75,76)/b17-13+,35-14+/t36-,37+,41+,45+,46-,47+,52+,56-,57+/m1/s1. The van der Waals surface area contributed by atoms with Crippen molar-refractivity contribution in [3.63, 3.8) is 0 Å². The highest BCUT2D eigenvalue weighted by Gasteiger charge is 2.64. The summed E-state index contributed by atoms with van der Waals surface area (Å²) in [4.78, 5) is 92.0. The largest absolute Gasteiger partial charge is 0.495 e. The molecule has 4 bridgehead atoms. The molecule has 27 heteroatoms. The molecule has 2 fully saturated rings. The van der Waals surface area contributed by atoms with Crippen molar-refractivity contribution in [2.45, 2.75) is 127 Å². The van der Waals surface area contributed by atoms with Crippen LogP contribution in [0.4, 0.5) is 10.5 Å². The fourth-order valence-corrected chi connectivity index (χ4v) is 11.9. The number of aromatic nitrogens is 1. The van der Waals surface area contributed by atoms with Gasteiger partial charge < -0.3 is 68.4 Å². The van der Waals surface area contributed by atoms with Crippen LogP contribution in [-0.2, 0) is 76.5 Å². The normalized spacial score (nSPS) is 25.3. The van der Waals surface area contributed by atoms with Crippen LogP contribution in [-0.4, -0.2) is 194 Å². The zero-order valence-electron chi connectivity index (χ0n) is 49.4. The van der Waals surface area contributed by atoms with E-state index in [0.717, 1.165) is 32.4 Å². The number of nitrogens with zero attached hydrogens (tertiary/aromatic N) is 4. The Hall–Kier alpha value is -5.96. The number of carbonyl (C=O) groups excluding carboxylic acids is 5. The number of esters is 1. The predicted molar refractivity (Wildman–Crippen MR) is 311 cm³/mol. The number of carbonyl (C=O) groups is 6. The molecule has 6 rings (SSSR count). The quantitative estimate of drug-likeness (QED) is 0.0194. The number of rotatable bonds is 26. The van der Waals surface area contributed by atoms with Crippen molar-refractivity contribution in [3.8, 4) is 5.75 Å². The number of carboxylic acids is 1. The second-order valence-corrected chi connectivity index (χ2v) is 24.4. The molecule has 10 atom stereocenters. The average Bonchev–Trinajstić information content (AvgIpc) is 1.69. The minimum atomic E-state index is -4.28. The summed E-state index contributed by atoms with van der Waals surface area (Å²) in [6.45, 7) is 7.42. The molecule has 4 heterocycles. The van der Waals surface area contributed by atoms with E-state index in [-0.39, 0.29) is 63.7 Å². The van der Waals surface area contributed by atoms with E-state index in [1.54, 1.807) is 38.1 Å². The first-order valence-corrected chi connectivity index (χ1v) is 30.0. The van der Waals surface area contributed by atoms with Crippen molar-refractivity contribution < 1.29 is 81.6 Å². The zero-order chi connectivity index (χ0) is 61.7. The smallest absolute Gasteiger partial charge is 0.409 e. The summed E-state index contributed by atoms with van der Waals surface area (Å²) in [7, 11) is 5.09. The number of likely N-dealkylation sites (N-methyl/N-ethyl adjacent to an activating group) is 1. The number of methoxy groups -OCH3 is 2. The second kappa shape index (κ2) is 29.9. The number of carboxylic acid groups (broad SMARTS) is 1. The number of alkyl carbamates (subject to hydrolysis) is 1. The Morgan fingerprint density at radius 1 is 1.05 bits per heavy atom. The van der Waals surface area contributed by atoms with Crippen molar-refractivity contribution in [1.82, 2.24) is 35.6 Å². The van der Waals surface area contributed by atoms with Gasteiger partial charge in [0.15, 0.2) is 5.72 Å². The van der Waals surface area contributed by atoms with Crippen LogP contribution < -0.4 is 31.0 Å². The van der Waals surface area contributed by atoms with E-state index in [4.69, 9.17) is 44.8 Å². The van der Waals surface area contributed by atoms with Gasteiger partial charge in [0, 0.05) is 70.7 Å². The number of allylic oxidation sites excluding steroid dienone is 3. The van der Waals surface area contributed by atoms with E-state index >= 15 is 0 Å². The molecule has 7 N–H and O–H groups in total. The van der Waals surface area contributed by atoms with Crippen LogP contribution in [0.2, 0.25) is 5.02 Å². The number of benzene rings is 2. The molecular weight excluding hydrogens is 1140 g/mol. The summed E-state index contributed by atoms with van der Waals surface area (Å²) in [5.41, 5.74) is 3.66. The summed E-state index contributed by atoms with van der Waals surface area (Å²) in [5.74, 6) is -3.93. The van der Waals surface area contributed by atoms with Gasteiger partial charge in [-0.3, -0.25) is 39.3 Å². The highest BCUT2D eigenvalue weighted by molar-refractivity contribution is 7.55. The summed E-state index contributed by atoms with van der Waals surface area (Å²) in [6.07, 6.45) is -0.810. The molecule has 3 aliphatic heterocycles. The number of amides is 4. The number of aryl methyl sites for hydroxylation is 1. The Kier molecular flexibility index (Phi) is 23.9. The number of para-hydroxylation sites is 1. The fourth-order valence-electron chi connectivity index (χ4n) is 10.3. The monoisotopic (exact) mass is 1220 g/mol. The van der Waals surface area contributed by atoms with Gasteiger partial charge in [0.25, 0.3) is 7.52 Å². The molecule has 84 heavy (non-hydrogen) atoms. The number of halogens is 1. The van der Waals surface area contributed by atoms with Crippen LogP contribution in [0, 0.1) is 5.92 Å². The number of nitrogens with one attached hydrogen (secondary N) is 4. The number of hydrogen-bond acceptors (Lipinski definition) is 17. The molecule has 0 saturated carbocycles. The van der Waals surface area contributed by atoms with Gasteiger partial charge in [0.1, 0.15) is 46.8 Å². The highest BCUT2D eigenvalue weighted by Crippen LogP contribution is 2.50. The molecule has 464 valence electrons. The van der Waals surface area contributed by atoms with Gasteiger partial charge in [-0.2, -0.15) is 0 Å². The van der Waals surface area contributed by atoms with E-state index in [1.807, 2.05) is 60.9 Å². The lowest BCUT2D eigenvalue weighted by molar-refractivity contribution is -0.157. The number of ether oxygens (including phenoxy) is 7. The molecule has 1 aromatic heterocycles. The van der Waals surface area contributed by atoms with E-state index in [0.29, 0.717) is 30.9 Å². The molecule has 25 nitrogen and oxygen atoms in total. The lowest BCUT2D eigenvalue weighted by Gasteiger charge is -2.42. The van der Waals surface area contributed by atoms with Crippen LogP contribution in [0.3, 0.4) is 0 Å². The third-order valence-electron chi connectivity index (χ3n) is 15.6. The number of aliphatic hydroxyl groups is 1. The van der Waals surface area contributed by atoms with Gasteiger partial charge in [-0.1, -0.05) is 60.5 Å². The van der Waals surface area contributed by atoms with Gasteiger partial charge in [0.05, 0.1) is 64.5 Å². The van der Waals surface area contributed by atoms with Crippen molar-refractivity contribution in [2.75, 3.05) is 86.4 Å². The Balaban J connectivity index is 1.02. The number of aliphatic carboxylic acids is 1. The molecule has 2 aromatic carbocycles. The molecule has 1 unspecified atom stereocenters.